The molecule has 1 aromatic heterocycles. The van der Waals surface area contributed by atoms with Crippen LogP contribution < -0.4 is 20.5 Å². The van der Waals surface area contributed by atoms with Crippen LogP contribution in [0.2, 0.25) is 5.02 Å². The zero-order chi connectivity index (χ0) is 19.8. The van der Waals surface area contributed by atoms with Gasteiger partial charge in [-0.2, -0.15) is 0 Å². The van der Waals surface area contributed by atoms with Crippen LogP contribution in [0.4, 0.5) is 5.69 Å². The smallest absolute Gasteiger partial charge is 0.193 e. The van der Waals surface area contributed by atoms with Crippen molar-refractivity contribution in [1.29, 1.82) is 0 Å². The maximum absolute atomic E-state index is 6.11. The van der Waals surface area contributed by atoms with Crippen LogP contribution in [0, 0.1) is 0 Å². The molecule has 0 aliphatic rings. The van der Waals surface area contributed by atoms with Gasteiger partial charge in [0.25, 0.3) is 0 Å². The Hall–Kier alpha value is -2.52. The van der Waals surface area contributed by atoms with E-state index in [-0.39, 0.29) is 24.0 Å². The maximum Gasteiger partial charge on any atom is 0.193 e. The molecule has 0 fully saturated rings. The Kier molecular flexibility index (Phi) is 9.01. The highest BCUT2D eigenvalue weighted by Gasteiger charge is 2.03. The monoisotopic (exact) mass is 524 g/mol. The highest BCUT2D eigenvalue weighted by molar-refractivity contribution is 14.0. The summed E-state index contributed by atoms with van der Waals surface area (Å²) in [5.74, 6) is 1.65. The molecule has 3 aromatic rings. The number of ether oxygens (including phenoxy) is 2. The zero-order valence-electron chi connectivity index (χ0n) is 15.8. The number of nitrogens with zero attached hydrogens (tertiary/aromatic N) is 2. The lowest BCUT2D eigenvalue weighted by Gasteiger charge is -2.09. The van der Waals surface area contributed by atoms with Crippen molar-refractivity contribution in [1.82, 2.24) is 4.98 Å². The van der Waals surface area contributed by atoms with Gasteiger partial charge in [0.2, 0.25) is 0 Å². The van der Waals surface area contributed by atoms with Crippen molar-refractivity contribution in [3.05, 3.63) is 83.1 Å². The fourth-order valence-corrected chi connectivity index (χ4v) is 2.74. The van der Waals surface area contributed by atoms with E-state index >= 15 is 0 Å². The summed E-state index contributed by atoms with van der Waals surface area (Å²) in [6.07, 6.45) is 1.75. The molecule has 29 heavy (non-hydrogen) atoms. The van der Waals surface area contributed by atoms with Gasteiger partial charge in [-0.05, 0) is 48.0 Å². The first-order valence-corrected chi connectivity index (χ1v) is 9.04. The number of nitrogens with one attached hydrogen (secondary N) is 1. The number of hydrogen-bond donors (Lipinski definition) is 2. The predicted molar refractivity (Wildman–Crippen MR) is 127 cm³/mol. The number of rotatable bonds is 7. The quantitative estimate of drug-likeness (QED) is 0.262. The molecule has 2 aromatic carbocycles. The molecular weight excluding hydrogens is 503 g/mol. The van der Waals surface area contributed by atoms with Gasteiger partial charge in [-0.25, -0.2) is 4.99 Å². The Morgan fingerprint density at radius 2 is 2.00 bits per heavy atom. The van der Waals surface area contributed by atoms with Gasteiger partial charge in [0, 0.05) is 11.9 Å². The number of benzene rings is 2. The molecule has 3 N–H and O–H groups in total. The molecule has 0 aliphatic heterocycles. The summed E-state index contributed by atoms with van der Waals surface area (Å²) in [6, 6.07) is 18.8. The van der Waals surface area contributed by atoms with Crippen molar-refractivity contribution in [2.45, 2.75) is 13.2 Å². The van der Waals surface area contributed by atoms with Gasteiger partial charge in [0.15, 0.2) is 5.96 Å². The molecule has 6 nitrogen and oxygen atoms in total. The van der Waals surface area contributed by atoms with Crippen molar-refractivity contribution < 1.29 is 9.47 Å². The van der Waals surface area contributed by atoms with E-state index in [0.29, 0.717) is 29.9 Å². The van der Waals surface area contributed by atoms with Crippen LogP contribution in [0.5, 0.6) is 11.5 Å². The minimum Gasteiger partial charge on any atom is -0.495 e. The number of halogens is 2. The molecule has 0 saturated carbocycles. The van der Waals surface area contributed by atoms with Crippen molar-refractivity contribution in [3.63, 3.8) is 0 Å². The molecular formula is C21H22ClIN4O2. The Morgan fingerprint density at radius 1 is 1.14 bits per heavy atom. The number of aromatic nitrogens is 1. The molecule has 0 bridgehead atoms. The average Bonchev–Trinajstić information content (AvgIpc) is 2.72. The van der Waals surface area contributed by atoms with Gasteiger partial charge in [0.05, 0.1) is 24.4 Å². The second kappa shape index (κ2) is 11.5. The summed E-state index contributed by atoms with van der Waals surface area (Å²) >= 11 is 6.11. The van der Waals surface area contributed by atoms with Crippen LogP contribution in [0.25, 0.3) is 0 Å². The number of hydrogen-bond acceptors (Lipinski definition) is 4. The number of pyridine rings is 1. The molecule has 1 heterocycles. The highest BCUT2D eigenvalue weighted by atomic mass is 127. The van der Waals surface area contributed by atoms with Crippen molar-refractivity contribution in [2.75, 3.05) is 12.4 Å². The lowest BCUT2D eigenvalue weighted by atomic mass is 10.2. The van der Waals surface area contributed by atoms with E-state index in [1.807, 2.05) is 48.5 Å². The van der Waals surface area contributed by atoms with Gasteiger partial charge >= 0.3 is 0 Å². The number of anilines is 1. The summed E-state index contributed by atoms with van der Waals surface area (Å²) in [6.45, 7) is 0.832. The van der Waals surface area contributed by atoms with Gasteiger partial charge in [0.1, 0.15) is 18.1 Å². The normalized spacial score (nSPS) is 10.8. The van der Waals surface area contributed by atoms with E-state index in [2.05, 4.69) is 15.3 Å². The second-order valence-electron chi connectivity index (χ2n) is 5.93. The maximum atomic E-state index is 6.11. The number of guanidine groups is 1. The summed E-state index contributed by atoms with van der Waals surface area (Å²) < 4.78 is 10.9. The van der Waals surface area contributed by atoms with Crippen LogP contribution in [-0.4, -0.2) is 18.1 Å². The lowest BCUT2D eigenvalue weighted by molar-refractivity contribution is 0.301. The average molecular weight is 525 g/mol. The Bertz CT molecular complexity index is 954. The lowest BCUT2D eigenvalue weighted by Crippen LogP contribution is -2.22. The number of nitrogens with two attached hydrogens (primary N) is 1. The van der Waals surface area contributed by atoms with Crippen molar-refractivity contribution >= 4 is 47.2 Å². The molecule has 0 spiro atoms. The minimum atomic E-state index is 0. The van der Waals surface area contributed by atoms with E-state index in [1.165, 1.54) is 0 Å². The Morgan fingerprint density at radius 3 is 2.72 bits per heavy atom. The van der Waals surface area contributed by atoms with Gasteiger partial charge in [-0.1, -0.05) is 29.8 Å². The predicted octanol–water partition coefficient (Wildman–Crippen LogP) is 4.87. The van der Waals surface area contributed by atoms with E-state index in [4.69, 9.17) is 26.8 Å². The van der Waals surface area contributed by atoms with E-state index < -0.39 is 0 Å². The van der Waals surface area contributed by atoms with E-state index in [1.54, 1.807) is 25.4 Å². The molecule has 0 saturated heterocycles. The minimum absolute atomic E-state index is 0. The first-order valence-electron chi connectivity index (χ1n) is 8.66. The first kappa shape index (κ1) is 22.8. The highest BCUT2D eigenvalue weighted by Crippen LogP contribution is 2.27. The molecule has 0 radical (unpaired) electrons. The molecule has 0 atom stereocenters. The van der Waals surface area contributed by atoms with Gasteiger partial charge in [-0.15, -0.1) is 24.0 Å². The van der Waals surface area contributed by atoms with Crippen LogP contribution >= 0.6 is 35.6 Å². The summed E-state index contributed by atoms with van der Waals surface area (Å²) in [4.78, 5) is 8.61. The number of methoxy groups -OCH3 is 1. The molecule has 0 aliphatic carbocycles. The molecule has 3 rings (SSSR count). The summed E-state index contributed by atoms with van der Waals surface area (Å²) in [5, 5.41) is 3.51. The molecule has 8 heteroatoms. The largest absolute Gasteiger partial charge is 0.495 e. The van der Waals surface area contributed by atoms with Gasteiger partial charge < -0.3 is 20.5 Å². The van der Waals surface area contributed by atoms with Crippen LogP contribution in [0.3, 0.4) is 0 Å². The first-order chi connectivity index (χ1) is 13.6. The molecule has 0 amide bonds. The van der Waals surface area contributed by atoms with Crippen LogP contribution in [-0.2, 0) is 13.2 Å². The van der Waals surface area contributed by atoms with Crippen LogP contribution in [0.15, 0.2) is 71.9 Å². The second-order valence-corrected chi connectivity index (χ2v) is 6.34. The van der Waals surface area contributed by atoms with E-state index in [9.17, 15) is 0 Å². The fraction of sp³-hybridized carbons (Fsp3) is 0.143. The van der Waals surface area contributed by atoms with Gasteiger partial charge in [-0.3, -0.25) is 4.98 Å². The third-order valence-corrected chi connectivity index (χ3v) is 4.16. The summed E-state index contributed by atoms with van der Waals surface area (Å²) in [5.41, 5.74) is 8.56. The third kappa shape index (κ3) is 7.10. The van der Waals surface area contributed by atoms with E-state index in [0.717, 1.165) is 22.7 Å². The SMILES string of the molecule is COc1ccc(NC(N)=NCc2cccc(OCc3ccccn3)c2)cc1Cl.I. The van der Waals surface area contributed by atoms with Crippen LogP contribution in [0.1, 0.15) is 11.3 Å². The molecule has 152 valence electrons. The zero-order valence-corrected chi connectivity index (χ0v) is 18.9. The standard InChI is InChI=1S/C21H21ClN4O2.HI/c1-27-20-9-8-16(12-19(20)22)26-21(23)25-13-15-5-4-7-18(11-15)28-14-17-6-2-3-10-24-17;/h2-12H,13-14H2,1H3,(H3,23,25,26);1H. The summed E-state index contributed by atoms with van der Waals surface area (Å²) in [7, 11) is 1.57. The third-order valence-electron chi connectivity index (χ3n) is 3.87. The Balaban J connectivity index is 0.00000300. The Labute approximate surface area is 192 Å². The number of aliphatic imine (C=N–C) groups is 1. The molecule has 0 unspecified atom stereocenters. The van der Waals surface area contributed by atoms with Crippen molar-refractivity contribution in [2.24, 2.45) is 10.7 Å². The topological polar surface area (TPSA) is 81.8 Å². The van der Waals surface area contributed by atoms with Crippen molar-refractivity contribution in [3.8, 4) is 11.5 Å². The fourth-order valence-electron chi connectivity index (χ4n) is 2.48.